The van der Waals surface area contributed by atoms with Crippen LogP contribution in [0.15, 0.2) is 53.6 Å². The monoisotopic (exact) mass is 479 g/mol. The van der Waals surface area contributed by atoms with Crippen LogP contribution in [0.5, 0.6) is 0 Å². The van der Waals surface area contributed by atoms with Gasteiger partial charge >= 0.3 is 5.97 Å². The van der Waals surface area contributed by atoms with E-state index in [0.717, 1.165) is 5.56 Å². The highest BCUT2D eigenvalue weighted by Crippen LogP contribution is 2.37. The van der Waals surface area contributed by atoms with Gasteiger partial charge in [-0.3, -0.25) is 4.79 Å². The van der Waals surface area contributed by atoms with E-state index in [4.69, 9.17) is 9.84 Å². The van der Waals surface area contributed by atoms with Crippen molar-refractivity contribution in [1.29, 1.82) is 0 Å². The fraction of sp³-hybridized carbons (Fsp3) is 0.269. The number of anilines is 1. The van der Waals surface area contributed by atoms with Crippen LogP contribution < -0.4 is 10.5 Å². The molecular formula is C26H26FN3O5. The van der Waals surface area contributed by atoms with Crippen LogP contribution in [0.4, 0.5) is 10.1 Å². The zero-order valence-corrected chi connectivity index (χ0v) is 19.8. The van der Waals surface area contributed by atoms with Crippen LogP contribution >= 0.6 is 0 Å². The van der Waals surface area contributed by atoms with E-state index in [9.17, 15) is 19.1 Å². The predicted molar refractivity (Wildman–Crippen MR) is 131 cm³/mol. The van der Waals surface area contributed by atoms with Gasteiger partial charge in [-0.05, 0) is 18.2 Å². The SMILES string of the molecule is C=C(CN(C)c1cc2cc3c(nc2cc1F)-c1cc2c(c(=O)n1C3)COC(=C)[C@H]2O)C(=O)O.CC. The van der Waals surface area contributed by atoms with Gasteiger partial charge in [-0.25, -0.2) is 14.2 Å². The number of rotatable bonds is 4. The molecule has 2 aliphatic heterocycles. The molecule has 0 saturated heterocycles. The number of aliphatic hydroxyl groups is 1. The Bertz CT molecular complexity index is 1460. The maximum absolute atomic E-state index is 14.9. The minimum atomic E-state index is -1.15. The molecule has 1 atom stereocenters. The van der Waals surface area contributed by atoms with Crippen LogP contribution in [0.1, 0.15) is 36.6 Å². The number of aliphatic hydroxyl groups excluding tert-OH is 1. The molecule has 8 nitrogen and oxygen atoms in total. The van der Waals surface area contributed by atoms with Crippen molar-refractivity contribution < 1.29 is 24.1 Å². The van der Waals surface area contributed by atoms with Crippen molar-refractivity contribution in [1.82, 2.24) is 9.55 Å². The van der Waals surface area contributed by atoms with Crippen LogP contribution in [-0.2, 0) is 22.7 Å². The Morgan fingerprint density at radius 2 is 2.03 bits per heavy atom. The summed E-state index contributed by atoms with van der Waals surface area (Å²) in [7, 11) is 1.58. The molecule has 0 bridgehead atoms. The number of likely N-dealkylation sites (N-methyl/N-ethyl adjacent to an activating group) is 1. The highest BCUT2D eigenvalue weighted by atomic mass is 19.1. The lowest BCUT2D eigenvalue weighted by molar-refractivity contribution is -0.132. The number of carboxylic acid groups (broad SMARTS) is 1. The third kappa shape index (κ3) is 3.97. The summed E-state index contributed by atoms with van der Waals surface area (Å²) in [6.45, 7) is 11.5. The zero-order valence-electron chi connectivity index (χ0n) is 19.8. The van der Waals surface area contributed by atoms with Crippen LogP contribution in [0.2, 0.25) is 0 Å². The number of hydrogen-bond donors (Lipinski definition) is 2. The number of aliphatic carboxylic acids is 1. The molecule has 182 valence electrons. The second-order valence-electron chi connectivity index (χ2n) is 8.27. The normalized spacial score (nSPS) is 15.3. The zero-order chi connectivity index (χ0) is 25.6. The number of benzene rings is 1. The molecule has 4 heterocycles. The second kappa shape index (κ2) is 8.99. The summed E-state index contributed by atoms with van der Waals surface area (Å²) in [6.07, 6.45) is -1.10. The largest absolute Gasteiger partial charge is 0.491 e. The maximum atomic E-state index is 14.9. The van der Waals surface area contributed by atoms with Crippen LogP contribution in [0.25, 0.3) is 22.3 Å². The minimum absolute atomic E-state index is 0.0403. The molecule has 0 aliphatic carbocycles. The summed E-state index contributed by atoms with van der Waals surface area (Å²) in [5.74, 6) is -1.52. The van der Waals surface area contributed by atoms with E-state index in [1.54, 1.807) is 23.7 Å². The molecule has 0 amide bonds. The van der Waals surface area contributed by atoms with Crippen molar-refractivity contribution in [2.24, 2.45) is 0 Å². The number of ether oxygens (including phenoxy) is 1. The van der Waals surface area contributed by atoms with Gasteiger partial charge in [0.2, 0.25) is 0 Å². The van der Waals surface area contributed by atoms with Crippen LogP contribution in [0, 0.1) is 5.82 Å². The number of halogens is 1. The van der Waals surface area contributed by atoms with Gasteiger partial charge in [0, 0.05) is 41.7 Å². The van der Waals surface area contributed by atoms with Gasteiger partial charge < -0.3 is 24.4 Å². The molecule has 2 aliphatic rings. The number of carboxylic acids is 1. The average Bonchev–Trinajstić information content (AvgIpc) is 3.19. The highest BCUT2D eigenvalue weighted by molar-refractivity contribution is 5.89. The van der Waals surface area contributed by atoms with Gasteiger partial charge in [-0.2, -0.15) is 0 Å². The average molecular weight is 480 g/mol. The number of carbonyl (C=O) groups is 1. The predicted octanol–water partition coefficient (Wildman–Crippen LogP) is 3.74. The van der Waals surface area contributed by atoms with E-state index >= 15 is 0 Å². The lowest BCUT2D eigenvalue weighted by Crippen LogP contribution is -2.29. The Hall–Kier alpha value is -3.98. The molecule has 0 fully saturated rings. The molecule has 0 saturated carbocycles. The quantitative estimate of drug-likeness (QED) is 0.430. The van der Waals surface area contributed by atoms with Gasteiger partial charge in [0.1, 0.15) is 24.3 Å². The molecule has 0 unspecified atom stereocenters. The van der Waals surface area contributed by atoms with Crippen molar-refractivity contribution in [3.05, 3.63) is 81.6 Å². The third-order valence-corrected chi connectivity index (χ3v) is 6.11. The van der Waals surface area contributed by atoms with Crippen molar-refractivity contribution in [3.63, 3.8) is 0 Å². The first-order chi connectivity index (χ1) is 16.7. The first-order valence-electron chi connectivity index (χ1n) is 11.2. The molecule has 5 rings (SSSR count). The molecule has 0 radical (unpaired) electrons. The number of nitrogens with zero attached hydrogens (tertiary/aromatic N) is 3. The van der Waals surface area contributed by atoms with Crippen molar-refractivity contribution in [2.75, 3.05) is 18.5 Å². The van der Waals surface area contributed by atoms with E-state index in [-0.39, 0.29) is 42.3 Å². The van der Waals surface area contributed by atoms with Gasteiger partial charge in [0.05, 0.1) is 34.7 Å². The van der Waals surface area contributed by atoms with Crippen molar-refractivity contribution in [3.8, 4) is 11.4 Å². The summed E-state index contributed by atoms with van der Waals surface area (Å²) in [5, 5.41) is 20.1. The fourth-order valence-corrected chi connectivity index (χ4v) is 4.34. The van der Waals surface area contributed by atoms with E-state index in [1.807, 2.05) is 19.9 Å². The van der Waals surface area contributed by atoms with Gasteiger partial charge in [0.25, 0.3) is 5.56 Å². The number of hydrogen-bond acceptors (Lipinski definition) is 6. The standard InChI is InChI=1S/C24H20FN3O5.C2H6/c1-11(24(31)32)8-27(3)19-5-13-4-14-9-28-20(21(14)26-18(13)7-17(19)25)6-15-16(23(28)30)10-33-12(2)22(15)29;1-2/h4-7,22,29H,1-2,8-10H2,3H3,(H,31,32);1-2H3/t22-;/m1./s1. The summed E-state index contributed by atoms with van der Waals surface area (Å²) in [5.41, 5.74) is 2.98. The summed E-state index contributed by atoms with van der Waals surface area (Å²) >= 11 is 0. The van der Waals surface area contributed by atoms with Gasteiger partial charge in [0.15, 0.2) is 0 Å². The molecular weight excluding hydrogens is 453 g/mol. The first kappa shape index (κ1) is 24.2. The van der Waals surface area contributed by atoms with E-state index in [2.05, 4.69) is 18.1 Å². The number of aromatic nitrogens is 2. The molecule has 9 heteroatoms. The fourth-order valence-electron chi connectivity index (χ4n) is 4.34. The minimum Gasteiger partial charge on any atom is -0.491 e. The Labute approximate surface area is 201 Å². The van der Waals surface area contributed by atoms with Crippen LogP contribution in [0.3, 0.4) is 0 Å². The Morgan fingerprint density at radius 1 is 1.31 bits per heavy atom. The molecule has 35 heavy (non-hydrogen) atoms. The van der Waals surface area contributed by atoms with Crippen molar-refractivity contribution in [2.45, 2.75) is 33.1 Å². The third-order valence-electron chi connectivity index (χ3n) is 6.11. The van der Waals surface area contributed by atoms with E-state index in [1.165, 1.54) is 11.0 Å². The van der Waals surface area contributed by atoms with E-state index < -0.39 is 17.9 Å². The molecule has 1 aromatic carbocycles. The maximum Gasteiger partial charge on any atom is 0.332 e. The number of pyridine rings is 2. The smallest absolute Gasteiger partial charge is 0.332 e. The molecule has 2 N–H and O–H groups in total. The lowest BCUT2D eigenvalue weighted by atomic mass is 9.99. The van der Waals surface area contributed by atoms with Crippen molar-refractivity contribution >= 4 is 22.6 Å². The Morgan fingerprint density at radius 3 is 2.71 bits per heavy atom. The molecule has 0 spiro atoms. The van der Waals surface area contributed by atoms with Gasteiger partial charge in [-0.1, -0.05) is 27.0 Å². The van der Waals surface area contributed by atoms with E-state index in [0.29, 0.717) is 33.4 Å². The molecule has 3 aromatic rings. The summed E-state index contributed by atoms with van der Waals surface area (Å²) in [6, 6.07) is 6.45. The number of fused-ring (bicyclic) bond motifs is 5. The highest BCUT2D eigenvalue weighted by Gasteiger charge is 2.31. The van der Waals surface area contributed by atoms with Gasteiger partial charge in [-0.15, -0.1) is 0 Å². The van der Waals surface area contributed by atoms with Crippen LogP contribution in [-0.4, -0.2) is 39.3 Å². The summed E-state index contributed by atoms with van der Waals surface area (Å²) in [4.78, 5) is 30.2. The Kier molecular flexibility index (Phi) is 6.21. The lowest BCUT2D eigenvalue weighted by Gasteiger charge is -2.24. The second-order valence-corrected chi connectivity index (χ2v) is 8.27. The Balaban J connectivity index is 0.00000141. The first-order valence-corrected chi connectivity index (χ1v) is 11.2. The summed E-state index contributed by atoms with van der Waals surface area (Å²) < 4.78 is 21.8. The topological polar surface area (TPSA) is 105 Å². The molecule has 2 aromatic heterocycles.